The highest BCUT2D eigenvalue weighted by Crippen LogP contribution is 2.28. The van der Waals surface area contributed by atoms with Crippen molar-refractivity contribution in [2.75, 3.05) is 0 Å². The van der Waals surface area contributed by atoms with Crippen molar-refractivity contribution in [2.24, 2.45) is 0 Å². The summed E-state index contributed by atoms with van der Waals surface area (Å²) < 4.78 is 15.3. The molecule has 5 nitrogen and oxygen atoms in total. The smallest absolute Gasteiger partial charge is 0.358 e. The SMILES string of the molecule is O=C(O)c1nnn(-c2ccc(Cl)cc2)c1-c1ccccc1F. The predicted octanol–water partition coefficient (Wildman–Crippen LogP) is 3.43. The molecule has 22 heavy (non-hydrogen) atoms. The van der Waals surface area contributed by atoms with Crippen LogP contribution in [-0.4, -0.2) is 26.1 Å². The third-order valence-electron chi connectivity index (χ3n) is 3.07. The zero-order valence-corrected chi connectivity index (χ0v) is 11.8. The standard InChI is InChI=1S/C15H9ClFN3O2/c16-9-5-7-10(8-6-9)20-14(13(15(21)22)18-19-20)11-3-1-2-4-12(11)17/h1-8H,(H,21,22). The molecule has 3 rings (SSSR count). The van der Waals surface area contributed by atoms with Crippen LogP contribution in [0.15, 0.2) is 48.5 Å². The lowest BCUT2D eigenvalue weighted by Gasteiger charge is -2.08. The largest absolute Gasteiger partial charge is 0.476 e. The molecule has 1 heterocycles. The minimum absolute atomic E-state index is 0.0768. The van der Waals surface area contributed by atoms with Gasteiger partial charge in [0.2, 0.25) is 0 Å². The van der Waals surface area contributed by atoms with E-state index in [4.69, 9.17) is 11.6 Å². The predicted molar refractivity (Wildman–Crippen MR) is 78.7 cm³/mol. The average Bonchev–Trinajstić information content (AvgIpc) is 2.93. The zero-order valence-electron chi connectivity index (χ0n) is 11.1. The van der Waals surface area contributed by atoms with Gasteiger partial charge >= 0.3 is 5.97 Å². The summed E-state index contributed by atoms with van der Waals surface area (Å²) in [7, 11) is 0. The van der Waals surface area contributed by atoms with Crippen LogP contribution in [0.2, 0.25) is 5.02 Å². The van der Waals surface area contributed by atoms with Crippen LogP contribution in [0.5, 0.6) is 0 Å². The third kappa shape index (κ3) is 2.44. The van der Waals surface area contributed by atoms with Crippen LogP contribution >= 0.6 is 11.6 Å². The van der Waals surface area contributed by atoms with Crippen molar-refractivity contribution < 1.29 is 14.3 Å². The summed E-state index contributed by atoms with van der Waals surface area (Å²) in [6, 6.07) is 12.4. The molecule has 0 radical (unpaired) electrons. The molecule has 0 atom stereocenters. The molecule has 0 aliphatic carbocycles. The van der Waals surface area contributed by atoms with E-state index in [2.05, 4.69) is 10.3 Å². The summed E-state index contributed by atoms with van der Waals surface area (Å²) in [5.74, 6) is -1.83. The highest BCUT2D eigenvalue weighted by molar-refractivity contribution is 6.30. The minimum atomic E-state index is -1.28. The Morgan fingerprint density at radius 3 is 2.45 bits per heavy atom. The van der Waals surface area contributed by atoms with Crippen molar-refractivity contribution in [2.45, 2.75) is 0 Å². The normalized spacial score (nSPS) is 10.6. The molecule has 1 N–H and O–H groups in total. The van der Waals surface area contributed by atoms with Crippen molar-refractivity contribution in [3.05, 3.63) is 65.1 Å². The third-order valence-corrected chi connectivity index (χ3v) is 3.32. The monoisotopic (exact) mass is 317 g/mol. The van der Waals surface area contributed by atoms with Crippen molar-refractivity contribution >= 4 is 17.6 Å². The molecule has 3 aromatic rings. The van der Waals surface area contributed by atoms with Gasteiger partial charge in [-0.1, -0.05) is 28.9 Å². The number of hydrogen-bond acceptors (Lipinski definition) is 3. The number of benzene rings is 2. The molecule has 0 aliphatic rings. The number of aromatic nitrogens is 3. The maximum atomic E-state index is 14.1. The maximum Gasteiger partial charge on any atom is 0.358 e. The van der Waals surface area contributed by atoms with Gasteiger partial charge in [-0.2, -0.15) is 0 Å². The van der Waals surface area contributed by atoms with Crippen molar-refractivity contribution in [3.63, 3.8) is 0 Å². The number of carboxylic acids is 1. The fourth-order valence-corrected chi connectivity index (χ4v) is 2.21. The van der Waals surface area contributed by atoms with Crippen LogP contribution in [0.4, 0.5) is 4.39 Å². The average molecular weight is 318 g/mol. The number of carboxylic acid groups (broad SMARTS) is 1. The van der Waals surface area contributed by atoms with Crippen LogP contribution < -0.4 is 0 Å². The molecule has 2 aromatic carbocycles. The number of nitrogens with zero attached hydrogens (tertiary/aromatic N) is 3. The van der Waals surface area contributed by atoms with Gasteiger partial charge in [-0.05, 0) is 36.4 Å². The van der Waals surface area contributed by atoms with E-state index in [-0.39, 0.29) is 17.0 Å². The summed E-state index contributed by atoms with van der Waals surface area (Å²) in [5.41, 5.74) is 0.399. The molecule has 0 saturated carbocycles. The molecule has 0 saturated heterocycles. The highest BCUT2D eigenvalue weighted by atomic mass is 35.5. The first-order chi connectivity index (χ1) is 10.6. The van der Waals surface area contributed by atoms with Gasteiger partial charge in [-0.25, -0.2) is 13.9 Å². The van der Waals surface area contributed by atoms with Crippen molar-refractivity contribution in [1.29, 1.82) is 0 Å². The van der Waals surface area contributed by atoms with E-state index in [0.29, 0.717) is 10.7 Å². The Bertz CT molecular complexity index is 846. The first kappa shape index (κ1) is 14.2. The molecule has 0 fully saturated rings. The lowest BCUT2D eigenvalue weighted by molar-refractivity contribution is 0.0691. The van der Waals surface area contributed by atoms with E-state index in [0.717, 1.165) is 0 Å². The Balaban J connectivity index is 2.27. The van der Waals surface area contributed by atoms with Crippen molar-refractivity contribution in [3.8, 4) is 16.9 Å². The Kier molecular flexibility index (Phi) is 3.60. The second kappa shape index (κ2) is 5.57. The molecule has 0 bridgehead atoms. The molecular formula is C15H9ClFN3O2. The molecule has 1 aromatic heterocycles. The highest BCUT2D eigenvalue weighted by Gasteiger charge is 2.23. The second-order valence-corrected chi connectivity index (χ2v) is 4.90. The fourth-order valence-electron chi connectivity index (χ4n) is 2.08. The summed E-state index contributed by atoms with van der Waals surface area (Å²) >= 11 is 5.84. The maximum absolute atomic E-state index is 14.1. The van der Waals surface area contributed by atoms with Crippen molar-refractivity contribution in [1.82, 2.24) is 15.0 Å². The molecule has 0 spiro atoms. The zero-order chi connectivity index (χ0) is 15.7. The summed E-state index contributed by atoms with van der Waals surface area (Å²) in [6.45, 7) is 0. The van der Waals surface area contributed by atoms with Gasteiger partial charge in [0.15, 0.2) is 5.69 Å². The Hall–Kier alpha value is -2.73. The summed E-state index contributed by atoms with van der Waals surface area (Å²) in [5, 5.41) is 17.3. The fraction of sp³-hybridized carbons (Fsp3) is 0. The van der Waals surface area contributed by atoms with E-state index < -0.39 is 11.8 Å². The molecule has 0 aliphatic heterocycles. The van der Waals surface area contributed by atoms with Gasteiger partial charge < -0.3 is 5.11 Å². The van der Waals surface area contributed by atoms with Crippen LogP contribution in [0, 0.1) is 5.82 Å². The summed E-state index contributed by atoms with van der Waals surface area (Å²) in [4.78, 5) is 11.3. The van der Waals surface area contributed by atoms with E-state index >= 15 is 0 Å². The van der Waals surface area contributed by atoms with Gasteiger partial charge in [-0.15, -0.1) is 5.10 Å². The topological polar surface area (TPSA) is 68.0 Å². The Morgan fingerprint density at radius 2 is 1.82 bits per heavy atom. The molecule has 110 valence electrons. The van der Waals surface area contributed by atoms with Crippen LogP contribution in [0.1, 0.15) is 10.5 Å². The van der Waals surface area contributed by atoms with Gasteiger partial charge in [0.25, 0.3) is 0 Å². The van der Waals surface area contributed by atoms with Crippen LogP contribution in [-0.2, 0) is 0 Å². The number of hydrogen-bond donors (Lipinski definition) is 1. The second-order valence-electron chi connectivity index (χ2n) is 4.46. The van der Waals surface area contributed by atoms with E-state index in [1.54, 1.807) is 30.3 Å². The van der Waals surface area contributed by atoms with Crippen LogP contribution in [0.3, 0.4) is 0 Å². The lowest BCUT2D eigenvalue weighted by Crippen LogP contribution is -2.04. The Morgan fingerprint density at radius 1 is 1.14 bits per heavy atom. The van der Waals surface area contributed by atoms with Gasteiger partial charge in [-0.3, -0.25) is 0 Å². The quantitative estimate of drug-likeness (QED) is 0.803. The molecule has 7 heteroatoms. The van der Waals surface area contributed by atoms with Gasteiger partial charge in [0, 0.05) is 10.6 Å². The minimum Gasteiger partial charge on any atom is -0.476 e. The summed E-state index contributed by atoms with van der Waals surface area (Å²) in [6.07, 6.45) is 0. The van der Waals surface area contributed by atoms with E-state index in [9.17, 15) is 14.3 Å². The molecular weight excluding hydrogens is 309 g/mol. The first-order valence-corrected chi connectivity index (χ1v) is 6.65. The number of aromatic carboxylic acids is 1. The Labute approximate surface area is 129 Å². The van der Waals surface area contributed by atoms with E-state index in [1.165, 1.54) is 22.9 Å². The van der Waals surface area contributed by atoms with E-state index in [1.807, 2.05) is 0 Å². The first-order valence-electron chi connectivity index (χ1n) is 6.28. The number of rotatable bonds is 3. The molecule has 0 amide bonds. The lowest BCUT2D eigenvalue weighted by atomic mass is 10.1. The molecule has 0 unspecified atom stereocenters. The van der Waals surface area contributed by atoms with Gasteiger partial charge in [0.1, 0.15) is 11.5 Å². The number of carbonyl (C=O) groups is 1. The number of halogens is 2. The van der Waals surface area contributed by atoms with Gasteiger partial charge in [0.05, 0.1) is 5.69 Å². The van der Waals surface area contributed by atoms with Crippen LogP contribution in [0.25, 0.3) is 16.9 Å².